The van der Waals surface area contributed by atoms with Gasteiger partial charge in [-0.15, -0.1) is 0 Å². The number of primary amides is 1. The lowest BCUT2D eigenvalue weighted by atomic mass is 10.0. The van der Waals surface area contributed by atoms with Crippen molar-refractivity contribution in [2.75, 3.05) is 25.4 Å². The van der Waals surface area contributed by atoms with E-state index in [0.29, 0.717) is 25.8 Å². The molecule has 0 radical (unpaired) electrons. The molecule has 10 atom stereocenters. The summed E-state index contributed by atoms with van der Waals surface area (Å²) in [5.74, 6) is -9.99. The van der Waals surface area contributed by atoms with Crippen LogP contribution in [0, 0.1) is 5.92 Å². The molecule has 24 nitrogen and oxygen atoms in total. The van der Waals surface area contributed by atoms with Crippen molar-refractivity contribution < 1.29 is 63.6 Å². The van der Waals surface area contributed by atoms with Crippen molar-refractivity contribution in [3.8, 4) is 0 Å². The number of unbranched alkanes of at least 4 members (excludes halogenated alkanes) is 2. The first-order valence-corrected chi connectivity index (χ1v) is 20.6. The Morgan fingerprint density at radius 1 is 0.541 bits per heavy atom. The number of aliphatic hydroxyl groups excluding tert-OH is 3. The third-order valence-electron chi connectivity index (χ3n) is 9.18. The maximum Gasteiger partial charge on any atom is 0.326 e. The second kappa shape index (κ2) is 29.6. The Kier molecular flexibility index (Phi) is 27.3. The summed E-state index contributed by atoms with van der Waals surface area (Å²) < 4.78 is 0. The Labute approximate surface area is 360 Å². The molecule has 0 aromatic heterocycles. The van der Waals surface area contributed by atoms with Crippen LogP contribution in [0.15, 0.2) is 0 Å². The Morgan fingerprint density at radius 2 is 0.951 bits per heavy atom. The van der Waals surface area contributed by atoms with E-state index in [0.717, 1.165) is 6.92 Å². The van der Waals surface area contributed by atoms with Gasteiger partial charge in [0.15, 0.2) is 0 Å². The summed E-state index contributed by atoms with van der Waals surface area (Å²) in [4.78, 5) is 115. The molecular formula is C36H67N11O13S. The van der Waals surface area contributed by atoms with Crippen molar-refractivity contribution in [1.82, 2.24) is 37.2 Å². The molecule has 0 heterocycles. The lowest BCUT2D eigenvalue weighted by Crippen LogP contribution is -2.62. The summed E-state index contributed by atoms with van der Waals surface area (Å²) in [6.45, 7) is 5.12. The van der Waals surface area contributed by atoms with Gasteiger partial charge in [0.05, 0.1) is 24.9 Å². The van der Waals surface area contributed by atoms with Crippen molar-refractivity contribution in [2.45, 2.75) is 140 Å². The second-order valence-electron chi connectivity index (χ2n) is 14.8. The number of hydrogen-bond donors (Lipinski definition) is 16. The number of nitrogens with two attached hydrogens (primary N) is 4. The number of aliphatic hydroxyl groups is 3. The number of nitrogens with one attached hydrogen (secondary N) is 7. The number of rotatable bonds is 31. The molecule has 8 amide bonds. The summed E-state index contributed by atoms with van der Waals surface area (Å²) >= 11 is 4.17. The van der Waals surface area contributed by atoms with E-state index < -0.39 is 139 Å². The van der Waals surface area contributed by atoms with Crippen LogP contribution >= 0.6 is 12.6 Å². The zero-order chi connectivity index (χ0) is 47.0. The maximum absolute atomic E-state index is 13.5. The first kappa shape index (κ1) is 56.3. The van der Waals surface area contributed by atoms with E-state index in [1.807, 2.05) is 0 Å². The normalized spacial score (nSPS) is 16.1. The van der Waals surface area contributed by atoms with Crippen LogP contribution in [0.3, 0.4) is 0 Å². The van der Waals surface area contributed by atoms with Gasteiger partial charge in [-0.1, -0.05) is 20.3 Å². The highest BCUT2D eigenvalue weighted by Crippen LogP contribution is 2.08. The molecule has 350 valence electrons. The lowest BCUT2D eigenvalue weighted by Gasteiger charge is -2.29. The molecule has 0 aromatic carbocycles. The number of carboxylic acids is 1. The molecule has 0 aliphatic rings. The number of carboxylic acid groups (broad SMARTS) is 1. The summed E-state index contributed by atoms with van der Waals surface area (Å²) in [5.41, 5.74) is 22.1. The molecule has 19 N–H and O–H groups in total. The minimum absolute atomic E-state index is 0.0455. The van der Waals surface area contributed by atoms with Gasteiger partial charge in [0.1, 0.15) is 42.3 Å². The first-order valence-electron chi connectivity index (χ1n) is 19.9. The van der Waals surface area contributed by atoms with Gasteiger partial charge in [-0.25, -0.2) is 4.79 Å². The molecule has 0 aliphatic carbocycles. The van der Waals surface area contributed by atoms with Crippen molar-refractivity contribution >= 4 is 65.9 Å². The molecule has 0 bridgehead atoms. The molecule has 0 rings (SSSR count). The van der Waals surface area contributed by atoms with Crippen molar-refractivity contribution in [2.24, 2.45) is 28.9 Å². The van der Waals surface area contributed by atoms with Crippen LogP contribution in [0.5, 0.6) is 0 Å². The average Bonchev–Trinajstić information content (AvgIpc) is 3.18. The molecule has 0 unspecified atom stereocenters. The van der Waals surface area contributed by atoms with Gasteiger partial charge in [0.25, 0.3) is 0 Å². The topological polar surface area (TPSA) is 423 Å². The van der Waals surface area contributed by atoms with E-state index >= 15 is 0 Å². The van der Waals surface area contributed by atoms with Crippen LogP contribution in [-0.2, 0) is 43.2 Å². The fraction of sp³-hybridized carbons (Fsp3) is 0.750. The SMILES string of the molecule is CC(C)[C@H](NC(=O)[C@@H](NC(=O)[C@@H](N)CCCCN)[C@@H](C)O)C(=O)N[C@@H](CS)C(=O)N[C@@H](CCCCN)C(=O)N[C@@H](CO)C(=O)N[C@H](C(=O)N[C@@H](CCC(N)=O)C(=O)O)[C@@H](C)O. The number of carbonyl (C=O) groups excluding carboxylic acids is 8. The Balaban J connectivity index is 6.01. The molecule has 0 saturated carbocycles. The van der Waals surface area contributed by atoms with Gasteiger partial charge >= 0.3 is 5.97 Å². The molecular weight excluding hydrogens is 827 g/mol. The zero-order valence-corrected chi connectivity index (χ0v) is 36.0. The van der Waals surface area contributed by atoms with Crippen molar-refractivity contribution in [3.63, 3.8) is 0 Å². The van der Waals surface area contributed by atoms with Crippen molar-refractivity contribution in [1.29, 1.82) is 0 Å². The van der Waals surface area contributed by atoms with Crippen LogP contribution in [0.2, 0.25) is 0 Å². The second-order valence-corrected chi connectivity index (χ2v) is 15.2. The van der Waals surface area contributed by atoms with Crippen LogP contribution in [0.25, 0.3) is 0 Å². The predicted octanol–water partition coefficient (Wildman–Crippen LogP) is -6.34. The quantitative estimate of drug-likeness (QED) is 0.0227. The van der Waals surface area contributed by atoms with Gasteiger partial charge in [-0.05, 0) is 71.4 Å². The fourth-order valence-corrected chi connectivity index (χ4v) is 5.76. The number of aliphatic carboxylic acids is 1. The zero-order valence-electron chi connectivity index (χ0n) is 35.1. The van der Waals surface area contributed by atoms with E-state index in [1.165, 1.54) is 6.92 Å². The van der Waals surface area contributed by atoms with Crippen LogP contribution in [-0.4, -0.2) is 160 Å². The number of carbonyl (C=O) groups is 9. The van der Waals surface area contributed by atoms with Crippen molar-refractivity contribution in [3.05, 3.63) is 0 Å². The molecule has 0 aliphatic heterocycles. The lowest BCUT2D eigenvalue weighted by molar-refractivity contribution is -0.143. The van der Waals surface area contributed by atoms with Crippen LogP contribution in [0.1, 0.15) is 79.1 Å². The first-order chi connectivity index (χ1) is 28.6. The minimum atomic E-state index is -1.79. The minimum Gasteiger partial charge on any atom is -0.480 e. The van der Waals surface area contributed by atoms with E-state index in [-0.39, 0.29) is 31.6 Å². The highest BCUT2D eigenvalue weighted by molar-refractivity contribution is 7.80. The van der Waals surface area contributed by atoms with Gasteiger partial charge in [-0.2, -0.15) is 12.6 Å². The summed E-state index contributed by atoms with van der Waals surface area (Å²) in [6.07, 6.45) is -1.71. The van der Waals surface area contributed by atoms with Gasteiger partial charge in [0, 0.05) is 12.2 Å². The number of amides is 8. The summed E-state index contributed by atoms with van der Waals surface area (Å²) in [7, 11) is 0. The largest absolute Gasteiger partial charge is 0.480 e. The fourth-order valence-electron chi connectivity index (χ4n) is 5.50. The Bertz CT molecular complexity index is 1470. The summed E-state index contributed by atoms with van der Waals surface area (Å²) in [5, 5.41) is 56.3. The standard InChI is InChI=1S/C36H67N11O13S/c1-17(2)26(45-35(58)28(19(4)50)46-29(52)20(39)9-5-7-13-37)33(56)44-24(16-61)32(55)41-21(10-6-8-14-38)30(53)43-23(15-48)31(54)47-27(18(3)49)34(57)42-22(36(59)60)11-12-25(40)51/h17-24,26-28,48-50,61H,5-16,37-39H2,1-4H3,(H2,40,51)(H,41,55)(H,42,57)(H,43,53)(H,44,56)(H,45,58)(H,46,52)(H,47,54)(H,59,60)/t18-,19-,20+,21+,22+,23+,24+,26+,27+,28+/m1/s1. The number of thiol groups is 1. The Morgan fingerprint density at radius 3 is 1.41 bits per heavy atom. The highest BCUT2D eigenvalue weighted by Gasteiger charge is 2.36. The van der Waals surface area contributed by atoms with Gasteiger partial charge in [0.2, 0.25) is 47.3 Å². The smallest absolute Gasteiger partial charge is 0.326 e. The molecule has 0 spiro atoms. The monoisotopic (exact) mass is 893 g/mol. The molecule has 0 saturated heterocycles. The third kappa shape index (κ3) is 21.1. The maximum atomic E-state index is 13.5. The third-order valence-corrected chi connectivity index (χ3v) is 9.55. The predicted molar refractivity (Wildman–Crippen MR) is 223 cm³/mol. The van der Waals surface area contributed by atoms with Crippen LogP contribution in [0.4, 0.5) is 0 Å². The molecule has 0 fully saturated rings. The van der Waals surface area contributed by atoms with Gasteiger partial charge in [-0.3, -0.25) is 38.4 Å². The Hall–Kier alpha value is -4.66. The molecule has 61 heavy (non-hydrogen) atoms. The number of hydrogen-bond acceptors (Lipinski definition) is 16. The van der Waals surface area contributed by atoms with Crippen LogP contribution < -0.4 is 60.2 Å². The molecule has 0 aromatic rings. The molecule has 25 heteroatoms. The summed E-state index contributed by atoms with van der Waals surface area (Å²) in [6, 6.07) is -11.8. The van der Waals surface area contributed by atoms with E-state index in [1.54, 1.807) is 13.8 Å². The average molecular weight is 894 g/mol. The van der Waals surface area contributed by atoms with Gasteiger partial charge < -0.3 is 80.6 Å². The van der Waals surface area contributed by atoms with E-state index in [4.69, 9.17) is 22.9 Å². The highest BCUT2D eigenvalue weighted by atomic mass is 32.1. The van der Waals surface area contributed by atoms with E-state index in [2.05, 4.69) is 49.8 Å². The van der Waals surface area contributed by atoms with E-state index in [9.17, 15) is 63.6 Å².